The van der Waals surface area contributed by atoms with Gasteiger partial charge in [-0.3, -0.25) is 9.59 Å². The molecule has 1 aliphatic rings. The van der Waals surface area contributed by atoms with Crippen LogP contribution in [0.4, 0.5) is 0 Å². The van der Waals surface area contributed by atoms with Crippen molar-refractivity contribution in [1.82, 2.24) is 15.3 Å². The first-order valence-electron chi connectivity index (χ1n) is 9.04. The van der Waals surface area contributed by atoms with Gasteiger partial charge in [0.2, 0.25) is 0 Å². The van der Waals surface area contributed by atoms with Gasteiger partial charge in [0.15, 0.2) is 0 Å². The van der Waals surface area contributed by atoms with Gasteiger partial charge in [0.1, 0.15) is 0 Å². The van der Waals surface area contributed by atoms with Crippen molar-refractivity contribution in [3.63, 3.8) is 0 Å². The maximum atomic E-state index is 11.9. The lowest BCUT2D eigenvalue weighted by Gasteiger charge is -2.10. The molecule has 2 amide bonds. The molecular weight excluding hydrogens is 364 g/mol. The Morgan fingerprint density at radius 2 is 1.93 bits per heavy atom. The molecule has 142 valence electrons. The number of halogens is 1. The second-order valence-electron chi connectivity index (χ2n) is 6.80. The smallest absolute Gasteiger partial charge is 0.329 e. The minimum atomic E-state index is -0.748. The van der Waals surface area contributed by atoms with E-state index in [1.165, 1.54) is 0 Å². The Kier molecular flexibility index (Phi) is 5.96. The lowest BCUT2D eigenvalue weighted by Crippen LogP contribution is -2.42. The third-order valence-electron chi connectivity index (χ3n) is 4.80. The van der Waals surface area contributed by atoms with Gasteiger partial charge in [-0.2, -0.15) is 5.10 Å². The first kappa shape index (κ1) is 19.2. The summed E-state index contributed by atoms with van der Waals surface area (Å²) in [5, 5.41) is 7.34. The summed E-state index contributed by atoms with van der Waals surface area (Å²) in [5.41, 5.74) is 6.08. The average molecular weight is 387 g/mol. The molecule has 6 nitrogen and oxygen atoms in total. The number of nitrogens with zero attached hydrogens (tertiary/aromatic N) is 2. The van der Waals surface area contributed by atoms with Crippen molar-refractivity contribution in [1.29, 1.82) is 0 Å². The fourth-order valence-corrected chi connectivity index (χ4v) is 3.65. The highest BCUT2D eigenvalue weighted by atomic mass is 35.5. The van der Waals surface area contributed by atoms with Crippen LogP contribution >= 0.6 is 11.6 Å². The molecule has 2 N–H and O–H groups in total. The zero-order chi connectivity index (χ0) is 19.4. The van der Waals surface area contributed by atoms with Gasteiger partial charge >= 0.3 is 11.8 Å². The van der Waals surface area contributed by atoms with E-state index in [0.717, 1.165) is 48.3 Å². The number of aryl methyl sites for hydroxylation is 1. The molecule has 0 unspecified atom stereocenters. The molecule has 1 heterocycles. The zero-order valence-electron chi connectivity index (χ0n) is 15.5. The van der Waals surface area contributed by atoms with Crippen LogP contribution in [-0.2, 0) is 9.59 Å². The molecule has 7 heteroatoms. The summed E-state index contributed by atoms with van der Waals surface area (Å²) < 4.78 is 2.06. The van der Waals surface area contributed by atoms with Gasteiger partial charge in [-0.15, -0.1) is 0 Å². The molecule has 0 radical (unpaired) electrons. The van der Waals surface area contributed by atoms with Crippen LogP contribution in [0.2, 0.25) is 5.02 Å². The molecular formula is C20H23ClN4O2. The summed E-state index contributed by atoms with van der Waals surface area (Å²) in [6.07, 6.45) is 5.58. The maximum absolute atomic E-state index is 11.9. The van der Waals surface area contributed by atoms with Crippen molar-refractivity contribution in [3.05, 3.63) is 52.3 Å². The predicted octanol–water partition coefficient (Wildman–Crippen LogP) is 3.26. The zero-order valence-corrected chi connectivity index (χ0v) is 16.2. The SMILES string of the molecule is Cc1cc(/C=N\NC(=O)C(=O)NC2CCCC2)c(C)n1-c1cccc(Cl)c1. The second-order valence-corrected chi connectivity index (χ2v) is 7.23. The number of nitrogens with one attached hydrogen (secondary N) is 2. The van der Waals surface area contributed by atoms with E-state index in [4.69, 9.17) is 11.6 Å². The average Bonchev–Trinajstić information content (AvgIpc) is 3.23. The lowest BCUT2D eigenvalue weighted by atomic mass is 10.2. The van der Waals surface area contributed by atoms with Crippen molar-refractivity contribution in [2.24, 2.45) is 5.10 Å². The molecule has 0 spiro atoms. The van der Waals surface area contributed by atoms with E-state index in [0.29, 0.717) is 5.02 Å². The Bertz CT molecular complexity index is 882. The van der Waals surface area contributed by atoms with E-state index in [1.54, 1.807) is 6.21 Å². The Morgan fingerprint density at radius 1 is 1.19 bits per heavy atom. The Balaban J connectivity index is 1.66. The van der Waals surface area contributed by atoms with E-state index in [9.17, 15) is 9.59 Å². The summed E-state index contributed by atoms with van der Waals surface area (Å²) in [6, 6.07) is 9.65. The fourth-order valence-electron chi connectivity index (χ4n) is 3.46. The molecule has 1 aliphatic carbocycles. The highest BCUT2D eigenvalue weighted by molar-refractivity contribution is 6.35. The van der Waals surface area contributed by atoms with Crippen molar-refractivity contribution >= 4 is 29.6 Å². The van der Waals surface area contributed by atoms with Crippen LogP contribution in [0.3, 0.4) is 0 Å². The van der Waals surface area contributed by atoms with Gasteiger partial charge in [-0.05, 0) is 51.0 Å². The minimum absolute atomic E-state index is 0.101. The standard InChI is InChI=1S/C20H23ClN4O2/c1-13-10-15(14(2)25(13)18-9-5-6-16(21)11-18)12-22-24-20(27)19(26)23-17-7-3-4-8-17/h5-6,9-12,17H,3-4,7-8H2,1-2H3,(H,23,26)(H,24,27)/b22-12-. The maximum Gasteiger partial charge on any atom is 0.329 e. The van der Waals surface area contributed by atoms with E-state index < -0.39 is 11.8 Å². The first-order valence-corrected chi connectivity index (χ1v) is 9.42. The highest BCUT2D eigenvalue weighted by Gasteiger charge is 2.21. The molecule has 27 heavy (non-hydrogen) atoms. The third-order valence-corrected chi connectivity index (χ3v) is 5.04. The molecule has 2 aromatic rings. The number of amides is 2. The van der Waals surface area contributed by atoms with Crippen molar-refractivity contribution in [2.45, 2.75) is 45.6 Å². The quantitative estimate of drug-likeness (QED) is 0.480. The number of benzene rings is 1. The van der Waals surface area contributed by atoms with Crippen LogP contribution in [0.15, 0.2) is 35.4 Å². The van der Waals surface area contributed by atoms with Gasteiger partial charge in [0.25, 0.3) is 0 Å². The summed E-state index contributed by atoms with van der Waals surface area (Å²) in [6.45, 7) is 3.95. The van der Waals surface area contributed by atoms with Gasteiger partial charge in [-0.1, -0.05) is 30.5 Å². The number of carbonyl (C=O) groups is 2. The molecule has 1 aromatic carbocycles. The molecule has 1 saturated carbocycles. The predicted molar refractivity (Wildman–Crippen MR) is 106 cm³/mol. The molecule has 0 atom stereocenters. The van der Waals surface area contributed by atoms with Crippen molar-refractivity contribution in [2.75, 3.05) is 0 Å². The van der Waals surface area contributed by atoms with Gasteiger partial charge < -0.3 is 9.88 Å². The van der Waals surface area contributed by atoms with Crippen molar-refractivity contribution < 1.29 is 9.59 Å². The molecule has 0 aliphatic heterocycles. The number of hydrazone groups is 1. The fraction of sp³-hybridized carbons (Fsp3) is 0.350. The van der Waals surface area contributed by atoms with E-state index >= 15 is 0 Å². The minimum Gasteiger partial charge on any atom is -0.345 e. The van der Waals surface area contributed by atoms with Crippen LogP contribution in [0.5, 0.6) is 0 Å². The summed E-state index contributed by atoms with van der Waals surface area (Å²) in [4.78, 5) is 23.8. The Morgan fingerprint density at radius 3 is 2.63 bits per heavy atom. The second kappa shape index (κ2) is 8.39. The van der Waals surface area contributed by atoms with Crippen LogP contribution in [0.25, 0.3) is 5.69 Å². The van der Waals surface area contributed by atoms with Crippen LogP contribution in [0.1, 0.15) is 42.6 Å². The van der Waals surface area contributed by atoms with Crippen molar-refractivity contribution in [3.8, 4) is 5.69 Å². The molecule has 1 fully saturated rings. The number of rotatable bonds is 4. The molecule has 3 rings (SSSR count). The lowest BCUT2D eigenvalue weighted by molar-refractivity contribution is -0.139. The normalized spacial score (nSPS) is 14.6. The largest absolute Gasteiger partial charge is 0.345 e. The van der Waals surface area contributed by atoms with E-state index in [2.05, 4.69) is 20.4 Å². The topological polar surface area (TPSA) is 75.5 Å². The monoisotopic (exact) mass is 386 g/mol. The third kappa shape index (κ3) is 4.57. The number of hydrogen-bond acceptors (Lipinski definition) is 3. The van der Waals surface area contributed by atoms with Gasteiger partial charge in [-0.25, -0.2) is 5.43 Å². The van der Waals surface area contributed by atoms with Gasteiger partial charge in [0, 0.05) is 33.7 Å². The Labute approximate surface area is 163 Å². The number of carbonyl (C=O) groups excluding carboxylic acids is 2. The Hall–Kier alpha value is -2.60. The van der Waals surface area contributed by atoms with Crippen LogP contribution in [-0.4, -0.2) is 28.6 Å². The molecule has 0 saturated heterocycles. The number of aromatic nitrogens is 1. The molecule has 0 bridgehead atoms. The number of hydrogen-bond donors (Lipinski definition) is 2. The van der Waals surface area contributed by atoms with Crippen LogP contribution < -0.4 is 10.7 Å². The summed E-state index contributed by atoms with van der Waals surface area (Å²) in [5.74, 6) is -1.38. The first-order chi connectivity index (χ1) is 13.0. The van der Waals surface area contributed by atoms with E-state index in [1.807, 2.05) is 44.2 Å². The summed E-state index contributed by atoms with van der Waals surface area (Å²) in [7, 11) is 0. The van der Waals surface area contributed by atoms with E-state index in [-0.39, 0.29) is 6.04 Å². The van der Waals surface area contributed by atoms with Crippen LogP contribution in [0, 0.1) is 13.8 Å². The summed E-state index contributed by atoms with van der Waals surface area (Å²) >= 11 is 6.09. The highest BCUT2D eigenvalue weighted by Crippen LogP contribution is 2.22. The van der Waals surface area contributed by atoms with Gasteiger partial charge in [0.05, 0.1) is 6.21 Å². The molecule has 1 aromatic heterocycles.